The molecule has 0 radical (unpaired) electrons. The fourth-order valence-corrected chi connectivity index (χ4v) is 5.43. The van der Waals surface area contributed by atoms with Crippen molar-refractivity contribution in [2.24, 2.45) is 0 Å². The van der Waals surface area contributed by atoms with Gasteiger partial charge in [0.05, 0.1) is 29.8 Å². The maximum absolute atomic E-state index is 13.3. The minimum Gasteiger partial charge on any atom is -0.497 e. The lowest BCUT2D eigenvalue weighted by Crippen LogP contribution is -2.13. The second-order valence-corrected chi connectivity index (χ2v) is 10.8. The number of aromatic nitrogens is 4. The van der Waals surface area contributed by atoms with Crippen LogP contribution in [0.2, 0.25) is 5.02 Å². The topological polar surface area (TPSA) is 91.2 Å². The Hall–Kier alpha value is -4.55. The molecule has 0 atom stereocenters. The molecule has 6 aromatic rings. The van der Waals surface area contributed by atoms with Gasteiger partial charge in [0.2, 0.25) is 0 Å². The Morgan fingerprint density at radius 2 is 1.79 bits per heavy atom. The van der Waals surface area contributed by atoms with E-state index in [9.17, 15) is 9.18 Å². The van der Waals surface area contributed by atoms with Gasteiger partial charge in [-0.3, -0.25) is 4.79 Å². The first-order valence-electron chi connectivity index (χ1n) is 13.0. The first kappa shape index (κ1) is 28.6. The molecule has 8 nitrogen and oxygen atoms in total. The summed E-state index contributed by atoms with van der Waals surface area (Å²) in [4.78, 5) is 21.9. The summed E-state index contributed by atoms with van der Waals surface area (Å²) in [7, 11) is 1.63. The average Bonchev–Trinajstić information content (AvgIpc) is 3.34. The van der Waals surface area contributed by atoms with Crippen LogP contribution in [-0.2, 0) is 6.54 Å². The number of rotatable bonds is 8. The van der Waals surface area contributed by atoms with Crippen molar-refractivity contribution in [3.05, 3.63) is 123 Å². The van der Waals surface area contributed by atoms with Crippen molar-refractivity contribution < 1.29 is 18.7 Å². The van der Waals surface area contributed by atoms with E-state index in [4.69, 9.17) is 21.1 Å². The van der Waals surface area contributed by atoms with E-state index in [0.29, 0.717) is 45.7 Å². The number of carbonyl (C=O) groups excluding carboxylic acids is 1. The Morgan fingerprint density at radius 3 is 2.53 bits per heavy atom. The van der Waals surface area contributed by atoms with Crippen molar-refractivity contribution in [2.45, 2.75) is 6.54 Å². The number of amides is 1. The van der Waals surface area contributed by atoms with Gasteiger partial charge < -0.3 is 14.8 Å². The second-order valence-electron chi connectivity index (χ2n) is 9.42. The smallest absolute Gasteiger partial charge is 0.274 e. The molecule has 3 aromatic heterocycles. The SMILES string of the molecule is COc1ccc(Cn2nc(I)c3c(Oc4ccc(NC(=O)c5cccc(-c6ccc(F)cc6)n5)cc4Cl)ccnc32)cc1. The number of carbonyl (C=O) groups is 1. The Bertz CT molecular complexity index is 1950. The molecule has 3 aromatic carbocycles. The van der Waals surface area contributed by atoms with E-state index in [-0.39, 0.29) is 11.5 Å². The zero-order valence-electron chi connectivity index (χ0n) is 22.6. The molecule has 0 saturated carbocycles. The van der Waals surface area contributed by atoms with Gasteiger partial charge in [0.15, 0.2) is 5.65 Å². The quantitative estimate of drug-likeness (QED) is 0.162. The molecule has 214 valence electrons. The lowest BCUT2D eigenvalue weighted by Gasteiger charge is -2.11. The predicted molar refractivity (Wildman–Crippen MR) is 171 cm³/mol. The number of benzene rings is 3. The zero-order chi connectivity index (χ0) is 29.9. The third-order valence-electron chi connectivity index (χ3n) is 6.57. The maximum Gasteiger partial charge on any atom is 0.274 e. The normalized spacial score (nSPS) is 11.0. The molecule has 0 aliphatic rings. The number of ether oxygens (including phenoxy) is 2. The summed E-state index contributed by atoms with van der Waals surface area (Å²) < 4.78 is 27.3. The van der Waals surface area contributed by atoms with Crippen LogP contribution in [0.5, 0.6) is 17.2 Å². The summed E-state index contributed by atoms with van der Waals surface area (Å²) in [6, 6.07) is 25.5. The molecule has 11 heteroatoms. The highest BCUT2D eigenvalue weighted by Gasteiger charge is 2.17. The number of methoxy groups -OCH3 is 1. The molecule has 0 aliphatic heterocycles. The number of fused-ring (bicyclic) bond motifs is 1. The van der Waals surface area contributed by atoms with Crippen LogP contribution in [0.15, 0.2) is 97.2 Å². The van der Waals surface area contributed by atoms with Gasteiger partial charge in [0.1, 0.15) is 32.5 Å². The van der Waals surface area contributed by atoms with Gasteiger partial charge in [-0.1, -0.05) is 29.8 Å². The first-order valence-corrected chi connectivity index (χ1v) is 14.5. The number of pyridine rings is 2. The number of hydrogen-bond donors (Lipinski definition) is 1. The molecule has 0 unspecified atom stereocenters. The van der Waals surface area contributed by atoms with Crippen LogP contribution >= 0.6 is 34.2 Å². The Balaban J connectivity index is 1.19. The van der Waals surface area contributed by atoms with E-state index in [1.807, 2.05) is 28.9 Å². The third kappa shape index (κ3) is 6.30. The highest BCUT2D eigenvalue weighted by atomic mass is 127. The average molecular weight is 706 g/mol. The number of halogens is 3. The molecule has 1 amide bonds. The molecule has 43 heavy (non-hydrogen) atoms. The molecule has 0 spiro atoms. The molecular formula is C32H22ClFIN5O3. The standard InChI is InChI=1S/C32H22ClFIN5O3/c1-42-23-12-5-19(6-13-23)18-40-31-29(30(35)39-40)28(15-16-36-31)43-27-14-11-22(17-24(27)33)37-32(41)26-4-2-3-25(38-26)20-7-9-21(34)10-8-20/h2-17H,18H2,1H3,(H,37,41). The van der Waals surface area contributed by atoms with Crippen molar-refractivity contribution in [1.29, 1.82) is 0 Å². The van der Waals surface area contributed by atoms with E-state index >= 15 is 0 Å². The monoisotopic (exact) mass is 705 g/mol. The highest BCUT2D eigenvalue weighted by Crippen LogP contribution is 2.36. The van der Waals surface area contributed by atoms with Gasteiger partial charge >= 0.3 is 0 Å². The van der Waals surface area contributed by atoms with Crippen LogP contribution < -0.4 is 14.8 Å². The van der Waals surface area contributed by atoms with Crippen LogP contribution in [0, 0.1) is 9.52 Å². The van der Waals surface area contributed by atoms with Crippen LogP contribution in [0.25, 0.3) is 22.3 Å². The minimum atomic E-state index is -0.414. The molecule has 0 saturated heterocycles. The van der Waals surface area contributed by atoms with E-state index in [1.165, 1.54) is 12.1 Å². The number of anilines is 1. The van der Waals surface area contributed by atoms with Gasteiger partial charge in [-0.2, -0.15) is 5.10 Å². The lowest BCUT2D eigenvalue weighted by atomic mass is 10.1. The number of hydrogen-bond acceptors (Lipinski definition) is 6. The summed E-state index contributed by atoms with van der Waals surface area (Å²) in [5, 5.41) is 8.56. The molecular weight excluding hydrogens is 684 g/mol. The van der Waals surface area contributed by atoms with Gasteiger partial charge in [0.25, 0.3) is 5.91 Å². The van der Waals surface area contributed by atoms with Crippen molar-refractivity contribution in [1.82, 2.24) is 19.7 Å². The van der Waals surface area contributed by atoms with Crippen molar-refractivity contribution >= 4 is 56.8 Å². The molecule has 0 bridgehead atoms. The zero-order valence-corrected chi connectivity index (χ0v) is 25.5. The van der Waals surface area contributed by atoms with Crippen LogP contribution in [0.3, 0.4) is 0 Å². The molecule has 1 N–H and O–H groups in total. The van der Waals surface area contributed by atoms with Gasteiger partial charge in [-0.15, -0.1) is 0 Å². The van der Waals surface area contributed by atoms with E-state index in [1.54, 1.807) is 67.9 Å². The Kier molecular flexibility index (Phi) is 8.21. The fraction of sp³-hybridized carbons (Fsp3) is 0.0625. The van der Waals surface area contributed by atoms with Crippen molar-refractivity contribution in [3.8, 4) is 28.5 Å². The molecule has 0 fully saturated rings. The molecule has 6 rings (SSSR count). The largest absolute Gasteiger partial charge is 0.497 e. The van der Waals surface area contributed by atoms with Crippen LogP contribution in [0.4, 0.5) is 10.1 Å². The van der Waals surface area contributed by atoms with Gasteiger partial charge in [-0.25, -0.2) is 19.0 Å². The first-order chi connectivity index (χ1) is 20.9. The summed E-state index contributed by atoms with van der Waals surface area (Å²) in [5.41, 5.74) is 3.66. The third-order valence-corrected chi connectivity index (χ3v) is 7.63. The predicted octanol–water partition coefficient (Wildman–Crippen LogP) is 7.99. The van der Waals surface area contributed by atoms with E-state index in [2.05, 4.69) is 43.0 Å². The van der Waals surface area contributed by atoms with Crippen molar-refractivity contribution in [2.75, 3.05) is 12.4 Å². The van der Waals surface area contributed by atoms with E-state index < -0.39 is 5.91 Å². The minimum absolute atomic E-state index is 0.207. The lowest BCUT2D eigenvalue weighted by molar-refractivity contribution is 0.102. The summed E-state index contributed by atoms with van der Waals surface area (Å²) in [6.07, 6.45) is 1.66. The number of nitrogens with zero attached hydrogens (tertiary/aromatic N) is 4. The maximum atomic E-state index is 13.3. The Labute approximate surface area is 264 Å². The highest BCUT2D eigenvalue weighted by molar-refractivity contribution is 14.1. The second kappa shape index (κ2) is 12.4. The number of nitrogens with one attached hydrogen (secondary N) is 1. The summed E-state index contributed by atoms with van der Waals surface area (Å²) in [6.45, 7) is 0.525. The van der Waals surface area contributed by atoms with E-state index in [0.717, 1.165) is 20.4 Å². The Morgan fingerprint density at radius 1 is 1.00 bits per heavy atom. The molecule has 3 heterocycles. The van der Waals surface area contributed by atoms with Crippen LogP contribution in [0.1, 0.15) is 16.1 Å². The summed E-state index contributed by atoms with van der Waals surface area (Å²) in [5.74, 6) is 0.985. The van der Waals surface area contributed by atoms with Gasteiger partial charge in [-0.05, 0) is 94.9 Å². The molecule has 0 aliphatic carbocycles. The van der Waals surface area contributed by atoms with Crippen molar-refractivity contribution in [3.63, 3.8) is 0 Å². The van der Waals surface area contributed by atoms with Gasteiger partial charge in [0, 0.05) is 23.5 Å². The summed E-state index contributed by atoms with van der Waals surface area (Å²) >= 11 is 8.75. The fourth-order valence-electron chi connectivity index (χ4n) is 4.44. The van der Waals surface area contributed by atoms with Crippen LogP contribution in [-0.4, -0.2) is 32.8 Å².